The molecule has 1 aromatic carbocycles. The van der Waals surface area contributed by atoms with Crippen LogP contribution in [0.5, 0.6) is 17.2 Å². The van der Waals surface area contributed by atoms with E-state index in [9.17, 15) is 0 Å². The molecule has 1 rings (SSSR count). The molecule has 0 bridgehead atoms. The van der Waals surface area contributed by atoms with Gasteiger partial charge in [-0.3, -0.25) is 0 Å². The van der Waals surface area contributed by atoms with Gasteiger partial charge >= 0.3 is 0 Å². The Hall–Kier alpha value is -1.46. The first-order valence-corrected chi connectivity index (χ1v) is 11.4. The first-order valence-electron chi connectivity index (χ1n) is 7.67. The molecule has 0 unspecified atom stereocenters. The van der Waals surface area contributed by atoms with Crippen LogP contribution in [0.15, 0.2) is 30.4 Å². The third-order valence-electron chi connectivity index (χ3n) is 3.06. The van der Waals surface area contributed by atoms with Gasteiger partial charge in [-0.15, -0.1) is 0 Å². The third-order valence-corrected chi connectivity index (χ3v) is 4.52. The van der Waals surface area contributed by atoms with Gasteiger partial charge < -0.3 is 19.5 Å². The smallest absolute Gasteiger partial charge is 0.164 e. The minimum atomic E-state index is -0.955. The molecule has 0 aliphatic rings. The molecular formula is C17H29NO3Si. The van der Waals surface area contributed by atoms with E-state index >= 15 is 0 Å². The van der Waals surface area contributed by atoms with Gasteiger partial charge in [-0.05, 0) is 18.2 Å². The molecule has 0 saturated carbocycles. The van der Waals surface area contributed by atoms with Crippen LogP contribution in [-0.4, -0.2) is 42.0 Å². The summed E-state index contributed by atoms with van der Waals surface area (Å²) in [6.07, 6.45) is 4.49. The lowest BCUT2D eigenvalue weighted by Gasteiger charge is -2.12. The summed E-state index contributed by atoms with van der Waals surface area (Å²) in [5.41, 5.74) is 0. The molecule has 0 fully saturated rings. The van der Waals surface area contributed by atoms with Gasteiger partial charge in [0.25, 0.3) is 0 Å². The highest BCUT2D eigenvalue weighted by molar-refractivity contribution is 6.76. The minimum Gasteiger partial charge on any atom is -0.493 e. The molecular weight excluding hydrogens is 294 g/mol. The van der Waals surface area contributed by atoms with Crippen LogP contribution in [0.25, 0.3) is 0 Å². The Morgan fingerprint density at radius 3 is 2.41 bits per heavy atom. The summed E-state index contributed by atoms with van der Waals surface area (Å²) in [6.45, 7) is 9.45. The van der Waals surface area contributed by atoms with E-state index in [0.29, 0.717) is 18.1 Å². The average molecular weight is 324 g/mol. The Bertz CT molecular complexity index is 469. The summed E-state index contributed by atoms with van der Waals surface area (Å²) in [7, 11) is 2.29. The van der Waals surface area contributed by atoms with Gasteiger partial charge in [-0.2, -0.15) is 0 Å². The van der Waals surface area contributed by atoms with E-state index in [0.717, 1.165) is 18.8 Å². The van der Waals surface area contributed by atoms with E-state index < -0.39 is 8.07 Å². The van der Waals surface area contributed by atoms with Crippen molar-refractivity contribution in [3.05, 3.63) is 30.4 Å². The van der Waals surface area contributed by atoms with Gasteiger partial charge in [0, 0.05) is 27.2 Å². The summed E-state index contributed by atoms with van der Waals surface area (Å²) in [4.78, 5) is 0. The van der Waals surface area contributed by atoms with E-state index in [1.807, 2.05) is 18.2 Å². The summed E-state index contributed by atoms with van der Waals surface area (Å²) in [5.74, 6) is 2.18. The number of allylic oxidation sites excluding steroid dienone is 1. The zero-order chi connectivity index (χ0) is 16.4. The van der Waals surface area contributed by atoms with Crippen LogP contribution < -0.4 is 19.5 Å². The summed E-state index contributed by atoms with van der Waals surface area (Å²) in [5, 5.41) is 3.34. The molecule has 1 aromatic rings. The molecule has 0 aromatic heterocycles. The fourth-order valence-electron chi connectivity index (χ4n) is 1.85. The van der Waals surface area contributed by atoms with Gasteiger partial charge in [-0.25, -0.2) is 0 Å². The number of methoxy groups -OCH3 is 2. The van der Waals surface area contributed by atoms with E-state index in [2.05, 4.69) is 37.1 Å². The maximum Gasteiger partial charge on any atom is 0.164 e. The fourth-order valence-corrected chi connectivity index (χ4v) is 2.73. The van der Waals surface area contributed by atoms with Gasteiger partial charge in [0.15, 0.2) is 11.5 Å². The summed E-state index contributed by atoms with van der Waals surface area (Å²) in [6, 6.07) is 6.81. The fraction of sp³-hybridized carbons (Fsp3) is 0.529. The van der Waals surface area contributed by atoms with Crippen LogP contribution in [0.1, 0.15) is 0 Å². The van der Waals surface area contributed by atoms with Crippen LogP contribution in [0.4, 0.5) is 0 Å². The molecule has 4 nitrogen and oxygen atoms in total. The molecule has 1 N–H and O–H groups in total. The lowest BCUT2D eigenvalue weighted by Crippen LogP contribution is -2.21. The van der Waals surface area contributed by atoms with Gasteiger partial charge in [0.2, 0.25) is 0 Å². The average Bonchev–Trinajstić information content (AvgIpc) is 2.48. The lowest BCUT2D eigenvalue weighted by atomic mass is 10.3. The first-order chi connectivity index (χ1) is 10.5. The second-order valence-corrected chi connectivity index (χ2v) is 11.8. The number of rotatable bonds is 10. The number of hydrogen-bond donors (Lipinski definition) is 1. The van der Waals surface area contributed by atoms with E-state index in [-0.39, 0.29) is 0 Å². The third kappa shape index (κ3) is 7.52. The molecule has 0 aliphatic heterocycles. The zero-order valence-corrected chi connectivity index (χ0v) is 15.4. The normalized spacial score (nSPS) is 11.7. The molecule has 5 heteroatoms. The van der Waals surface area contributed by atoms with Crippen LogP contribution in [0, 0.1) is 0 Å². The number of hydrogen-bond acceptors (Lipinski definition) is 4. The van der Waals surface area contributed by atoms with Crippen LogP contribution >= 0.6 is 0 Å². The molecule has 0 radical (unpaired) electrons. The summed E-state index contributed by atoms with van der Waals surface area (Å²) < 4.78 is 16.1. The zero-order valence-electron chi connectivity index (χ0n) is 14.4. The Labute approximate surface area is 135 Å². The lowest BCUT2D eigenvalue weighted by molar-refractivity contribution is 0.309. The minimum absolute atomic E-state index is 0.622. The highest BCUT2D eigenvalue weighted by atomic mass is 28.3. The quantitative estimate of drug-likeness (QED) is 0.406. The van der Waals surface area contributed by atoms with Crippen molar-refractivity contribution in [2.75, 3.05) is 33.9 Å². The van der Waals surface area contributed by atoms with Crippen molar-refractivity contribution < 1.29 is 14.2 Å². The number of nitrogens with one attached hydrogen (secondary N) is 1. The SMILES string of the molecule is COc1ccc(OCCNC/C=C\C[Si](C)(C)C)cc1OC. The van der Waals surface area contributed by atoms with Crippen molar-refractivity contribution in [3.8, 4) is 17.2 Å². The van der Waals surface area contributed by atoms with Gasteiger partial charge in [0.1, 0.15) is 12.4 Å². The molecule has 0 spiro atoms. The van der Waals surface area contributed by atoms with Crippen molar-refractivity contribution in [3.63, 3.8) is 0 Å². The van der Waals surface area contributed by atoms with Crippen LogP contribution in [0.3, 0.4) is 0 Å². The largest absolute Gasteiger partial charge is 0.493 e. The highest BCUT2D eigenvalue weighted by Crippen LogP contribution is 2.30. The Balaban J connectivity index is 2.22. The monoisotopic (exact) mass is 323 g/mol. The molecule has 0 aliphatic carbocycles. The molecule has 22 heavy (non-hydrogen) atoms. The Morgan fingerprint density at radius 2 is 1.77 bits per heavy atom. The maximum atomic E-state index is 5.69. The van der Waals surface area contributed by atoms with E-state index in [1.165, 1.54) is 6.04 Å². The molecule has 0 heterocycles. The molecule has 0 atom stereocenters. The van der Waals surface area contributed by atoms with Crippen molar-refractivity contribution in [2.45, 2.75) is 25.7 Å². The Kier molecular flexibility index (Phi) is 8.05. The maximum absolute atomic E-state index is 5.69. The van der Waals surface area contributed by atoms with Crippen LogP contribution in [-0.2, 0) is 0 Å². The Morgan fingerprint density at radius 1 is 1.05 bits per heavy atom. The standard InChI is InChI=1S/C17H29NO3Si/c1-19-16-9-8-15(14-17(16)20-2)21-12-11-18-10-6-7-13-22(3,4)5/h6-9,14,18H,10-13H2,1-5H3/b7-6-. The number of benzene rings is 1. The first kappa shape index (κ1) is 18.6. The van der Waals surface area contributed by atoms with E-state index in [4.69, 9.17) is 14.2 Å². The van der Waals surface area contributed by atoms with Gasteiger partial charge in [0.05, 0.1) is 14.2 Å². The van der Waals surface area contributed by atoms with Crippen molar-refractivity contribution in [1.29, 1.82) is 0 Å². The second kappa shape index (κ2) is 9.53. The molecule has 0 amide bonds. The highest BCUT2D eigenvalue weighted by Gasteiger charge is 2.09. The van der Waals surface area contributed by atoms with Crippen LogP contribution in [0.2, 0.25) is 25.7 Å². The van der Waals surface area contributed by atoms with Crippen molar-refractivity contribution in [2.24, 2.45) is 0 Å². The predicted octanol–water partition coefficient (Wildman–Crippen LogP) is 3.57. The molecule has 0 saturated heterocycles. The predicted molar refractivity (Wildman–Crippen MR) is 95.2 cm³/mol. The summed E-state index contributed by atoms with van der Waals surface area (Å²) >= 11 is 0. The van der Waals surface area contributed by atoms with E-state index in [1.54, 1.807) is 14.2 Å². The molecule has 124 valence electrons. The topological polar surface area (TPSA) is 39.7 Å². The van der Waals surface area contributed by atoms with Crippen molar-refractivity contribution in [1.82, 2.24) is 5.32 Å². The van der Waals surface area contributed by atoms with Crippen molar-refractivity contribution >= 4 is 8.07 Å². The second-order valence-electron chi connectivity index (χ2n) is 6.31. The number of ether oxygens (including phenoxy) is 3. The van der Waals surface area contributed by atoms with Gasteiger partial charge in [-0.1, -0.05) is 31.8 Å².